The molecule has 0 bridgehead atoms. The van der Waals surface area contributed by atoms with Crippen molar-refractivity contribution in [2.24, 2.45) is 11.8 Å². The molecule has 0 aromatic carbocycles. The minimum absolute atomic E-state index is 0.104. The largest absolute Gasteiger partial charge is 0.472 e. The summed E-state index contributed by atoms with van der Waals surface area (Å²) < 4.78 is 68.1. The zero-order valence-corrected chi connectivity index (χ0v) is 60.9. The van der Waals surface area contributed by atoms with Crippen LogP contribution >= 0.6 is 15.6 Å². The number of unbranched alkanes of at least 4 members (excludes halogenated alkanes) is 41. The standard InChI is InChI=1S/C72H140O17P2/c1-7-9-11-13-14-15-16-17-18-19-22-25-28-31-37-43-49-55-70(75)83-61-68(89-71(76)56-50-44-38-32-29-26-23-20-21-24-27-30-35-41-46-52-64(3)4)63-87-91(80,81)85-59-66(73)58-84-90(78,79)86-62-67(60-82-69(74)54-48-40-12-10-8-2)88-72(77)57-51-45-39-34-33-36-42-47-53-65(5)6/h64-68,73H,7-63H2,1-6H3,(H,78,79)(H,80,81)/t66-,67+,68+/m0/s1. The molecule has 91 heavy (non-hydrogen) atoms. The molecule has 0 saturated carbocycles. The van der Waals surface area contributed by atoms with Crippen LogP contribution in [-0.4, -0.2) is 96.7 Å². The number of phosphoric acid groups is 2. The third-order valence-electron chi connectivity index (χ3n) is 16.7. The van der Waals surface area contributed by atoms with Gasteiger partial charge < -0.3 is 33.8 Å². The molecule has 0 spiro atoms. The summed E-state index contributed by atoms with van der Waals surface area (Å²) in [6.45, 7) is 9.46. The predicted molar refractivity (Wildman–Crippen MR) is 368 cm³/mol. The lowest BCUT2D eigenvalue weighted by atomic mass is 10.0. The Kier molecular flexibility index (Phi) is 62.7. The summed E-state index contributed by atoms with van der Waals surface area (Å²) in [7, 11) is -9.89. The Hall–Kier alpha value is -1.94. The molecule has 0 radical (unpaired) electrons. The van der Waals surface area contributed by atoms with Gasteiger partial charge in [-0.15, -0.1) is 0 Å². The van der Waals surface area contributed by atoms with Crippen LogP contribution in [0.5, 0.6) is 0 Å². The fourth-order valence-corrected chi connectivity index (χ4v) is 12.5. The summed E-state index contributed by atoms with van der Waals surface area (Å²) in [6.07, 6.45) is 50.5. The zero-order chi connectivity index (χ0) is 67.2. The Bertz CT molecular complexity index is 1770. The van der Waals surface area contributed by atoms with E-state index in [9.17, 15) is 43.2 Å². The fourth-order valence-electron chi connectivity index (χ4n) is 10.9. The van der Waals surface area contributed by atoms with Gasteiger partial charge in [-0.25, -0.2) is 9.13 Å². The van der Waals surface area contributed by atoms with E-state index in [-0.39, 0.29) is 25.7 Å². The summed E-state index contributed by atoms with van der Waals surface area (Å²) in [6, 6.07) is 0. The number of hydrogen-bond acceptors (Lipinski definition) is 15. The SMILES string of the molecule is CCCCCCCCCCCCCCCCCCCC(=O)OC[C@H](COP(=O)(O)OC[C@@H](O)COP(=O)(O)OC[C@@H](COC(=O)CCCCCCC)OC(=O)CCCCCCCCCCC(C)C)OC(=O)CCCCCCCCCCCCCCCCCC(C)C. The van der Waals surface area contributed by atoms with Crippen LogP contribution in [0.3, 0.4) is 0 Å². The monoisotopic (exact) mass is 1340 g/mol. The van der Waals surface area contributed by atoms with Crippen molar-refractivity contribution in [3.8, 4) is 0 Å². The van der Waals surface area contributed by atoms with Gasteiger partial charge in [0.15, 0.2) is 12.2 Å². The first-order valence-electron chi connectivity index (χ1n) is 37.5. The summed E-state index contributed by atoms with van der Waals surface area (Å²) in [4.78, 5) is 72.3. The molecule has 0 aromatic rings. The third kappa shape index (κ3) is 66.5. The van der Waals surface area contributed by atoms with Crippen LogP contribution in [0, 0.1) is 11.8 Å². The minimum atomic E-state index is -4.95. The molecule has 0 aliphatic rings. The Labute approximate surface area is 556 Å². The first-order valence-corrected chi connectivity index (χ1v) is 40.5. The lowest BCUT2D eigenvalue weighted by molar-refractivity contribution is -0.161. The van der Waals surface area contributed by atoms with E-state index in [1.54, 1.807) is 0 Å². The number of aliphatic hydroxyl groups is 1. The molecule has 540 valence electrons. The molecule has 0 fully saturated rings. The highest BCUT2D eigenvalue weighted by atomic mass is 31.2. The number of phosphoric ester groups is 2. The van der Waals surface area contributed by atoms with Gasteiger partial charge >= 0.3 is 39.5 Å². The average molecular weight is 1340 g/mol. The van der Waals surface area contributed by atoms with Crippen molar-refractivity contribution >= 4 is 39.5 Å². The van der Waals surface area contributed by atoms with Crippen molar-refractivity contribution in [2.75, 3.05) is 39.6 Å². The average Bonchev–Trinajstić information content (AvgIpc) is 3.61. The van der Waals surface area contributed by atoms with Crippen molar-refractivity contribution in [1.82, 2.24) is 0 Å². The van der Waals surface area contributed by atoms with Gasteiger partial charge in [0, 0.05) is 25.7 Å². The van der Waals surface area contributed by atoms with Crippen LogP contribution in [0.1, 0.15) is 369 Å². The van der Waals surface area contributed by atoms with Gasteiger partial charge in [0.2, 0.25) is 0 Å². The minimum Gasteiger partial charge on any atom is -0.462 e. The van der Waals surface area contributed by atoms with Gasteiger partial charge in [-0.05, 0) is 37.5 Å². The van der Waals surface area contributed by atoms with Crippen LogP contribution < -0.4 is 0 Å². The predicted octanol–water partition coefficient (Wildman–Crippen LogP) is 20.8. The van der Waals surface area contributed by atoms with Gasteiger partial charge in [-0.1, -0.05) is 318 Å². The lowest BCUT2D eigenvalue weighted by Gasteiger charge is -2.21. The van der Waals surface area contributed by atoms with Gasteiger partial charge in [0.25, 0.3) is 0 Å². The van der Waals surface area contributed by atoms with Crippen LogP contribution in [0.15, 0.2) is 0 Å². The first kappa shape index (κ1) is 89.1. The molecule has 0 heterocycles. The highest BCUT2D eigenvalue weighted by molar-refractivity contribution is 7.47. The van der Waals surface area contributed by atoms with Crippen molar-refractivity contribution in [3.63, 3.8) is 0 Å². The number of rotatable bonds is 71. The number of carbonyl (C=O) groups excluding carboxylic acids is 4. The third-order valence-corrected chi connectivity index (χ3v) is 18.6. The van der Waals surface area contributed by atoms with E-state index in [0.717, 1.165) is 108 Å². The Morgan fingerprint density at radius 1 is 0.297 bits per heavy atom. The molecule has 3 N–H and O–H groups in total. The van der Waals surface area contributed by atoms with Gasteiger partial charge in [-0.2, -0.15) is 0 Å². The second-order valence-electron chi connectivity index (χ2n) is 26.9. The van der Waals surface area contributed by atoms with E-state index < -0.39 is 97.5 Å². The summed E-state index contributed by atoms with van der Waals surface area (Å²) >= 11 is 0. The fraction of sp³-hybridized carbons (Fsp3) is 0.944. The molecule has 5 atom stereocenters. The molecular formula is C72H140O17P2. The lowest BCUT2D eigenvalue weighted by Crippen LogP contribution is -2.30. The normalized spacial score (nSPS) is 14.1. The van der Waals surface area contributed by atoms with E-state index in [0.29, 0.717) is 25.7 Å². The highest BCUT2D eigenvalue weighted by Gasteiger charge is 2.30. The molecule has 0 aliphatic carbocycles. The topological polar surface area (TPSA) is 237 Å². The van der Waals surface area contributed by atoms with E-state index >= 15 is 0 Å². The quantitative estimate of drug-likeness (QED) is 0.0222. The molecule has 19 heteroatoms. The maximum Gasteiger partial charge on any atom is 0.472 e. The van der Waals surface area contributed by atoms with E-state index in [1.165, 1.54) is 180 Å². The maximum atomic E-state index is 13.0. The second-order valence-corrected chi connectivity index (χ2v) is 29.8. The number of ether oxygens (including phenoxy) is 4. The molecule has 2 unspecified atom stereocenters. The number of hydrogen-bond donors (Lipinski definition) is 3. The molecule has 0 rings (SSSR count). The molecule has 0 aromatic heterocycles. The number of esters is 4. The van der Waals surface area contributed by atoms with Gasteiger partial charge in [0.05, 0.1) is 26.4 Å². The first-order chi connectivity index (χ1) is 43.9. The van der Waals surface area contributed by atoms with Crippen LogP contribution in [0.4, 0.5) is 0 Å². The Morgan fingerprint density at radius 2 is 0.505 bits per heavy atom. The van der Waals surface area contributed by atoms with E-state index in [4.69, 9.17) is 37.0 Å². The molecule has 0 aliphatic heterocycles. The Balaban J connectivity index is 5.15. The van der Waals surface area contributed by atoms with Crippen molar-refractivity contribution in [1.29, 1.82) is 0 Å². The maximum absolute atomic E-state index is 13.0. The van der Waals surface area contributed by atoms with Crippen molar-refractivity contribution < 1.29 is 80.2 Å². The summed E-state index contributed by atoms with van der Waals surface area (Å²) in [5, 5.41) is 10.6. The van der Waals surface area contributed by atoms with Gasteiger partial charge in [-0.3, -0.25) is 37.3 Å². The van der Waals surface area contributed by atoms with E-state index in [2.05, 4.69) is 41.5 Å². The number of aliphatic hydroxyl groups excluding tert-OH is 1. The highest BCUT2D eigenvalue weighted by Crippen LogP contribution is 2.45. The second kappa shape index (κ2) is 64.1. The summed E-state index contributed by atoms with van der Waals surface area (Å²) in [5.74, 6) is -0.612. The smallest absolute Gasteiger partial charge is 0.462 e. The van der Waals surface area contributed by atoms with Crippen molar-refractivity contribution in [2.45, 2.75) is 387 Å². The molecule has 17 nitrogen and oxygen atoms in total. The molecule has 0 saturated heterocycles. The van der Waals surface area contributed by atoms with Crippen molar-refractivity contribution in [3.05, 3.63) is 0 Å². The zero-order valence-electron chi connectivity index (χ0n) is 59.1. The number of carbonyl (C=O) groups is 4. The van der Waals surface area contributed by atoms with Gasteiger partial charge in [0.1, 0.15) is 19.3 Å². The Morgan fingerprint density at radius 3 is 0.747 bits per heavy atom. The van der Waals surface area contributed by atoms with E-state index in [1.807, 2.05) is 0 Å². The van der Waals surface area contributed by atoms with Crippen LogP contribution in [-0.2, 0) is 65.4 Å². The van der Waals surface area contributed by atoms with Crippen LogP contribution in [0.25, 0.3) is 0 Å². The van der Waals surface area contributed by atoms with Crippen LogP contribution in [0.2, 0.25) is 0 Å². The molecule has 0 amide bonds. The molecular weight excluding hydrogens is 1200 g/mol. The summed E-state index contributed by atoms with van der Waals surface area (Å²) in [5.41, 5.74) is 0.